The summed E-state index contributed by atoms with van der Waals surface area (Å²) in [4.78, 5) is 26.1. The Balaban J connectivity index is 1.53. The quantitative estimate of drug-likeness (QED) is 0.691. The molecule has 7 nitrogen and oxygen atoms in total. The molecule has 0 bridgehead atoms. The largest absolute Gasteiger partial charge is 0.482 e. The second-order valence-corrected chi connectivity index (χ2v) is 8.17. The van der Waals surface area contributed by atoms with E-state index in [0.717, 1.165) is 30.6 Å². The lowest BCUT2D eigenvalue weighted by molar-refractivity contribution is -0.124. The number of halogens is 1. The average molecular weight is 423 g/mol. The van der Waals surface area contributed by atoms with Gasteiger partial charge in [-0.1, -0.05) is 25.4 Å². The third kappa shape index (κ3) is 5.95. The van der Waals surface area contributed by atoms with E-state index in [-0.39, 0.29) is 18.6 Å². The zero-order valence-corrected chi connectivity index (χ0v) is 17.8. The molecule has 1 aromatic carbocycles. The Kier molecular flexibility index (Phi) is 7.16. The first-order valence-corrected chi connectivity index (χ1v) is 10.2. The van der Waals surface area contributed by atoms with E-state index in [4.69, 9.17) is 25.5 Å². The highest BCUT2D eigenvalue weighted by Crippen LogP contribution is 2.30. The first kappa shape index (κ1) is 21.6. The second kappa shape index (κ2) is 9.61. The van der Waals surface area contributed by atoms with Gasteiger partial charge in [-0.3, -0.25) is 9.69 Å². The van der Waals surface area contributed by atoms with E-state index < -0.39 is 5.63 Å². The summed E-state index contributed by atoms with van der Waals surface area (Å²) in [5.74, 6) is 0.619. The molecule has 1 saturated heterocycles. The smallest absolute Gasteiger partial charge is 0.336 e. The molecule has 0 saturated carbocycles. The molecule has 0 radical (unpaired) electrons. The van der Waals surface area contributed by atoms with Crippen LogP contribution in [0.25, 0.3) is 11.0 Å². The number of ether oxygens (including phenoxy) is 2. The number of fused-ring (bicyclic) bond motifs is 1. The van der Waals surface area contributed by atoms with Crippen molar-refractivity contribution in [2.75, 3.05) is 39.4 Å². The van der Waals surface area contributed by atoms with Gasteiger partial charge in [-0.25, -0.2) is 4.79 Å². The van der Waals surface area contributed by atoms with Gasteiger partial charge in [0.05, 0.1) is 17.7 Å². The molecule has 1 amide bonds. The van der Waals surface area contributed by atoms with Crippen molar-refractivity contribution in [3.05, 3.63) is 39.2 Å². The number of amides is 1. The normalized spacial score (nSPS) is 17.6. The van der Waals surface area contributed by atoms with Gasteiger partial charge in [0, 0.05) is 43.7 Å². The van der Waals surface area contributed by atoms with Crippen molar-refractivity contribution in [2.24, 2.45) is 5.92 Å². The molecule has 3 rings (SSSR count). The van der Waals surface area contributed by atoms with Crippen molar-refractivity contribution < 1.29 is 18.7 Å². The van der Waals surface area contributed by atoms with Crippen molar-refractivity contribution in [1.82, 2.24) is 10.2 Å². The first-order chi connectivity index (χ1) is 13.8. The van der Waals surface area contributed by atoms with Crippen LogP contribution < -0.4 is 15.7 Å². The molecule has 158 valence electrons. The minimum atomic E-state index is -0.444. The van der Waals surface area contributed by atoms with Crippen molar-refractivity contribution in [3.8, 4) is 5.75 Å². The Morgan fingerprint density at radius 2 is 2.17 bits per heavy atom. The standard InChI is InChI=1S/C21H27ClN2O5/c1-13(2)10-24-4-5-27-15(11-24)9-23-20(25)12-28-19-8-18-16(7-17(19)22)14(3)6-21(26)29-18/h6-8,13,15H,4-5,9-12H2,1-3H3,(H,23,25). The highest BCUT2D eigenvalue weighted by atomic mass is 35.5. The third-order valence-corrected chi connectivity index (χ3v) is 5.03. The predicted molar refractivity (Wildman–Crippen MR) is 112 cm³/mol. The first-order valence-electron chi connectivity index (χ1n) is 9.79. The van der Waals surface area contributed by atoms with Crippen LogP contribution >= 0.6 is 11.6 Å². The number of aryl methyl sites for hydroxylation is 1. The number of hydrogen-bond acceptors (Lipinski definition) is 6. The van der Waals surface area contributed by atoms with Gasteiger partial charge in [-0.05, 0) is 24.5 Å². The topological polar surface area (TPSA) is 81.0 Å². The van der Waals surface area contributed by atoms with Crippen LogP contribution in [0.5, 0.6) is 5.75 Å². The summed E-state index contributed by atoms with van der Waals surface area (Å²) >= 11 is 6.25. The van der Waals surface area contributed by atoms with Crippen LogP contribution in [0.2, 0.25) is 5.02 Å². The average Bonchev–Trinajstić information content (AvgIpc) is 2.65. The summed E-state index contributed by atoms with van der Waals surface area (Å²) < 4.78 is 16.5. The van der Waals surface area contributed by atoms with Gasteiger partial charge in [0.1, 0.15) is 11.3 Å². The molecule has 29 heavy (non-hydrogen) atoms. The fourth-order valence-electron chi connectivity index (χ4n) is 3.44. The van der Waals surface area contributed by atoms with Gasteiger partial charge in [0.15, 0.2) is 6.61 Å². The summed E-state index contributed by atoms with van der Waals surface area (Å²) in [5, 5.41) is 3.92. The van der Waals surface area contributed by atoms with Crippen LogP contribution in [-0.2, 0) is 9.53 Å². The Hall–Kier alpha value is -2.09. The molecule has 2 aromatic rings. The Morgan fingerprint density at radius 1 is 1.38 bits per heavy atom. The van der Waals surface area contributed by atoms with Gasteiger partial charge in [0.2, 0.25) is 0 Å². The summed E-state index contributed by atoms with van der Waals surface area (Å²) in [7, 11) is 0. The number of nitrogens with one attached hydrogen (secondary N) is 1. The lowest BCUT2D eigenvalue weighted by Gasteiger charge is -2.33. The number of morpholine rings is 1. The van der Waals surface area contributed by atoms with Crippen molar-refractivity contribution in [2.45, 2.75) is 26.9 Å². The lowest BCUT2D eigenvalue weighted by Crippen LogP contribution is -2.48. The van der Waals surface area contributed by atoms with Crippen LogP contribution in [0.1, 0.15) is 19.4 Å². The molecule has 1 atom stereocenters. The summed E-state index contributed by atoms with van der Waals surface area (Å²) in [5.41, 5.74) is 0.692. The minimum Gasteiger partial charge on any atom is -0.482 e. The van der Waals surface area contributed by atoms with Gasteiger partial charge in [0.25, 0.3) is 5.91 Å². The lowest BCUT2D eigenvalue weighted by atomic mass is 10.1. The zero-order valence-electron chi connectivity index (χ0n) is 17.0. The van der Waals surface area contributed by atoms with E-state index in [0.29, 0.717) is 35.4 Å². The van der Waals surface area contributed by atoms with Crippen LogP contribution in [0, 0.1) is 12.8 Å². The SMILES string of the molecule is Cc1cc(=O)oc2cc(OCC(=O)NCC3CN(CC(C)C)CCO3)c(Cl)cc12. The van der Waals surface area contributed by atoms with E-state index in [1.165, 1.54) is 12.1 Å². The molecule has 2 heterocycles. The van der Waals surface area contributed by atoms with Gasteiger partial charge >= 0.3 is 5.63 Å². The number of nitrogens with zero attached hydrogens (tertiary/aromatic N) is 1. The molecule has 0 spiro atoms. The number of hydrogen-bond donors (Lipinski definition) is 1. The zero-order chi connectivity index (χ0) is 21.0. The monoisotopic (exact) mass is 422 g/mol. The van der Waals surface area contributed by atoms with Crippen molar-refractivity contribution >= 4 is 28.5 Å². The third-order valence-electron chi connectivity index (χ3n) is 4.74. The molecule has 1 unspecified atom stereocenters. The van der Waals surface area contributed by atoms with E-state index in [1.807, 2.05) is 0 Å². The Morgan fingerprint density at radius 3 is 2.93 bits per heavy atom. The molecule has 1 N–H and O–H groups in total. The van der Waals surface area contributed by atoms with Gasteiger partial charge < -0.3 is 19.2 Å². The van der Waals surface area contributed by atoms with Crippen LogP contribution in [0.3, 0.4) is 0 Å². The molecular weight excluding hydrogens is 396 g/mol. The second-order valence-electron chi connectivity index (χ2n) is 7.77. The molecule has 1 aliphatic rings. The summed E-state index contributed by atoms with van der Waals surface area (Å²) in [6.45, 7) is 9.82. The molecular formula is C21H27ClN2O5. The fraction of sp³-hybridized carbons (Fsp3) is 0.524. The number of carbonyl (C=O) groups is 1. The molecule has 1 aromatic heterocycles. The minimum absolute atomic E-state index is 0.0343. The molecule has 8 heteroatoms. The fourth-order valence-corrected chi connectivity index (χ4v) is 3.66. The van der Waals surface area contributed by atoms with Crippen molar-refractivity contribution in [1.29, 1.82) is 0 Å². The van der Waals surface area contributed by atoms with Gasteiger partial charge in [-0.2, -0.15) is 0 Å². The van der Waals surface area contributed by atoms with Crippen LogP contribution in [0.4, 0.5) is 0 Å². The van der Waals surface area contributed by atoms with Crippen LogP contribution in [0.15, 0.2) is 27.4 Å². The number of benzene rings is 1. The Bertz CT molecular complexity index is 927. The molecule has 0 aliphatic carbocycles. The summed E-state index contributed by atoms with van der Waals surface area (Å²) in [6, 6.07) is 4.61. The molecule has 1 aliphatic heterocycles. The molecule has 1 fully saturated rings. The maximum Gasteiger partial charge on any atom is 0.336 e. The predicted octanol–water partition coefficient (Wildman–Crippen LogP) is 2.61. The highest BCUT2D eigenvalue weighted by Gasteiger charge is 2.21. The van der Waals surface area contributed by atoms with E-state index in [2.05, 4.69) is 24.1 Å². The van der Waals surface area contributed by atoms with E-state index in [9.17, 15) is 9.59 Å². The number of carbonyl (C=O) groups excluding carboxylic acids is 1. The highest BCUT2D eigenvalue weighted by molar-refractivity contribution is 6.32. The van der Waals surface area contributed by atoms with E-state index in [1.54, 1.807) is 13.0 Å². The maximum atomic E-state index is 12.2. The van der Waals surface area contributed by atoms with Gasteiger partial charge in [-0.15, -0.1) is 0 Å². The van der Waals surface area contributed by atoms with Crippen molar-refractivity contribution in [3.63, 3.8) is 0 Å². The maximum absolute atomic E-state index is 12.2. The van der Waals surface area contributed by atoms with E-state index >= 15 is 0 Å². The van der Waals surface area contributed by atoms with Crippen LogP contribution in [-0.4, -0.2) is 56.3 Å². The Labute approximate surface area is 174 Å². The summed E-state index contributed by atoms with van der Waals surface area (Å²) in [6.07, 6.45) is -0.0343. The number of rotatable bonds is 7.